The highest BCUT2D eigenvalue weighted by atomic mass is 32.2. The van der Waals surface area contributed by atoms with Gasteiger partial charge in [0.25, 0.3) is 0 Å². The Labute approximate surface area is 103 Å². The Balaban J connectivity index is 2.98. The average molecular weight is 260 g/mol. The summed E-state index contributed by atoms with van der Waals surface area (Å²) >= 11 is 0. The fraction of sp³-hybridized carbons (Fsp3) is 0.636. The van der Waals surface area contributed by atoms with Crippen molar-refractivity contribution in [1.29, 1.82) is 0 Å². The third-order valence-electron chi connectivity index (χ3n) is 2.53. The summed E-state index contributed by atoms with van der Waals surface area (Å²) in [4.78, 5) is 0.225. The van der Waals surface area contributed by atoms with E-state index >= 15 is 0 Å². The summed E-state index contributed by atoms with van der Waals surface area (Å²) in [6.07, 6.45) is 0.750. The van der Waals surface area contributed by atoms with E-state index in [0.717, 1.165) is 6.42 Å². The predicted molar refractivity (Wildman–Crippen MR) is 66.3 cm³/mol. The van der Waals surface area contributed by atoms with Gasteiger partial charge in [0.2, 0.25) is 10.0 Å². The van der Waals surface area contributed by atoms with E-state index in [1.165, 1.54) is 0 Å². The minimum absolute atomic E-state index is 0.0814. The van der Waals surface area contributed by atoms with E-state index in [4.69, 9.17) is 4.42 Å². The number of rotatable bonds is 6. The first-order chi connectivity index (χ1) is 7.90. The molecule has 0 bridgehead atoms. The van der Waals surface area contributed by atoms with Crippen LogP contribution < -0.4 is 10.0 Å². The Morgan fingerprint density at radius 3 is 2.65 bits per heavy atom. The monoisotopic (exact) mass is 260 g/mol. The van der Waals surface area contributed by atoms with Crippen LogP contribution in [-0.2, 0) is 16.6 Å². The normalized spacial score (nSPS) is 13.9. The number of sulfonamides is 1. The van der Waals surface area contributed by atoms with Gasteiger partial charge >= 0.3 is 0 Å². The summed E-state index contributed by atoms with van der Waals surface area (Å²) in [5.41, 5.74) is 0. The average Bonchev–Trinajstić information content (AvgIpc) is 2.60. The molecule has 0 radical (unpaired) electrons. The van der Waals surface area contributed by atoms with Gasteiger partial charge < -0.3 is 9.73 Å². The van der Waals surface area contributed by atoms with E-state index in [-0.39, 0.29) is 10.9 Å². The zero-order chi connectivity index (χ0) is 13.1. The van der Waals surface area contributed by atoms with Crippen LogP contribution >= 0.6 is 0 Å². The molecule has 0 amide bonds. The van der Waals surface area contributed by atoms with Gasteiger partial charge in [-0.1, -0.05) is 6.92 Å². The van der Waals surface area contributed by atoms with Crippen LogP contribution in [0.25, 0.3) is 0 Å². The summed E-state index contributed by atoms with van der Waals surface area (Å²) in [5.74, 6) is 1.04. The lowest BCUT2D eigenvalue weighted by atomic mass is 10.3. The van der Waals surface area contributed by atoms with Crippen molar-refractivity contribution in [2.24, 2.45) is 0 Å². The maximum absolute atomic E-state index is 12.0. The van der Waals surface area contributed by atoms with Crippen LogP contribution in [0.5, 0.6) is 0 Å². The molecule has 1 rings (SSSR count). The molecule has 0 spiro atoms. The van der Waals surface area contributed by atoms with E-state index in [1.807, 2.05) is 13.8 Å². The van der Waals surface area contributed by atoms with Crippen LogP contribution in [-0.4, -0.2) is 21.5 Å². The van der Waals surface area contributed by atoms with Crippen molar-refractivity contribution in [3.63, 3.8) is 0 Å². The van der Waals surface area contributed by atoms with Gasteiger partial charge in [-0.15, -0.1) is 0 Å². The molecule has 5 nitrogen and oxygen atoms in total. The molecule has 0 aromatic carbocycles. The summed E-state index contributed by atoms with van der Waals surface area (Å²) in [6.45, 7) is 5.94. The fourth-order valence-electron chi connectivity index (χ4n) is 1.46. The summed E-state index contributed by atoms with van der Waals surface area (Å²) in [6, 6.07) is 1.48. The topological polar surface area (TPSA) is 71.3 Å². The molecule has 2 N–H and O–H groups in total. The lowest BCUT2D eigenvalue weighted by Gasteiger charge is -2.10. The number of nitrogens with one attached hydrogen (secondary N) is 2. The molecular formula is C11H20N2O3S. The molecule has 0 saturated carbocycles. The van der Waals surface area contributed by atoms with Crippen LogP contribution in [0.15, 0.2) is 15.4 Å². The molecule has 98 valence electrons. The maximum atomic E-state index is 12.0. The molecule has 17 heavy (non-hydrogen) atoms. The molecular weight excluding hydrogens is 240 g/mol. The van der Waals surface area contributed by atoms with Crippen molar-refractivity contribution in [3.8, 4) is 0 Å². The van der Waals surface area contributed by atoms with Gasteiger partial charge in [0, 0.05) is 12.1 Å². The van der Waals surface area contributed by atoms with Crippen molar-refractivity contribution in [3.05, 3.63) is 17.6 Å². The first kappa shape index (κ1) is 14.2. The molecule has 1 heterocycles. The van der Waals surface area contributed by atoms with Crippen LogP contribution in [0.1, 0.15) is 31.8 Å². The van der Waals surface area contributed by atoms with E-state index in [1.54, 1.807) is 20.0 Å². The minimum atomic E-state index is -3.47. The highest BCUT2D eigenvalue weighted by Crippen LogP contribution is 2.20. The Hall–Kier alpha value is -0.850. The number of hydrogen-bond donors (Lipinski definition) is 2. The van der Waals surface area contributed by atoms with Gasteiger partial charge in [0.15, 0.2) is 0 Å². The summed E-state index contributed by atoms with van der Waals surface area (Å²) in [5, 5.41) is 2.92. The number of furan rings is 1. The van der Waals surface area contributed by atoms with E-state index in [2.05, 4.69) is 10.0 Å². The highest BCUT2D eigenvalue weighted by Gasteiger charge is 2.22. The Bertz CT molecular complexity index is 465. The van der Waals surface area contributed by atoms with Crippen molar-refractivity contribution < 1.29 is 12.8 Å². The second-order valence-corrected chi connectivity index (χ2v) is 5.78. The van der Waals surface area contributed by atoms with Crippen molar-refractivity contribution in [2.45, 2.75) is 44.7 Å². The molecule has 1 atom stereocenters. The second kappa shape index (κ2) is 5.66. The molecule has 0 aliphatic rings. The largest absolute Gasteiger partial charge is 0.464 e. The first-order valence-electron chi connectivity index (χ1n) is 5.67. The standard InChI is InChI=1S/C11H20N2O3S/c1-5-8(2)13-17(14,15)11-6-10(7-12-4)16-9(11)3/h6,8,12-13H,5,7H2,1-4H3. The molecule has 1 unspecified atom stereocenters. The predicted octanol–water partition coefficient (Wildman–Crippen LogP) is 1.38. The zero-order valence-corrected chi connectivity index (χ0v) is 11.5. The quantitative estimate of drug-likeness (QED) is 0.810. The lowest BCUT2D eigenvalue weighted by molar-refractivity contribution is 0.465. The van der Waals surface area contributed by atoms with E-state index < -0.39 is 10.0 Å². The third kappa shape index (κ3) is 3.55. The Morgan fingerprint density at radius 1 is 1.47 bits per heavy atom. The van der Waals surface area contributed by atoms with Gasteiger partial charge in [-0.3, -0.25) is 0 Å². The second-order valence-electron chi connectivity index (χ2n) is 4.09. The molecule has 0 saturated heterocycles. The summed E-state index contributed by atoms with van der Waals surface area (Å²) < 4.78 is 32.1. The molecule has 0 aliphatic carbocycles. The Morgan fingerprint density at radius 2 is 2.12 bits per heavy atom. The van der Waals surface area contributed by atoms with E-state index in [9.17, 15) is 8.42 Å². The smallest absolute Gasteiger partial charge is 0.244 e. The summed E-state index contributed by atoms with van der Waals surface area (Å²) in [7, 11) is -1.69. The number of hydrogen-bond acceptors (Lipinski definition) is 4. The fourth-order valence-corrected chi connectivity index (χ4v) is 2.99. The lowest BCUT2D eigenvalue weighted by Crippen LogP contribution is -2.32. The van der Waals surface area contributed by atoms with Crippen LogP contribution in [0, 0.1) is 6.92 Å². The van der Waals surface area contributed by atoms with Crippen LogP contribution in [0.3, 0.4) is 0 Å². The van der Waals surface area contributed by atoms with Crippen molar-refractivity contribution in [2.75, 3.05) is 7.05 Å². The third-order valence-corrected chi connectivity index (χ3v) is 4.23. The van der Waals surface area contributed by atoms with Crippen LogP contribution in [0.4, 0.5) is 0 Å². The van der Waals surface area contributed by atoms with Gasteiger partial charge in [-0.05, 0) is 27.3 Å². The Kier molecular flexibility index (Phi) is 4.73. The first-order valence-corrected chi connectivity index (χ1v) is 7.15. The van der Waals surface area contributed by atoms with E-state index in [0.29, 0.717) is 18.1 Å². The van der Waals surface area contributed by atoms with Gasteiger partial charge in [-0.25, -0.2) is 13.1 Å². The molecule has 1 aromatic rings. The van der Waals surface area contributed by atoms with Crippen molar-refractivity contribution >= 4 is 10.0 Å². The maximum Gasteiger partial charge on any atom is 0.244 e. The molecule has 0 aliphatic heterocycles. The molecule has 1 aromatic heterocycles. The van der Waals surface area contributed by atoms with Gasteiger partial charge in [-0.2, -0.15) is 0 Å². The highest BCUT2D eigenvalue weighted by molar-refractivity contribution is 7.89. The molecule has 0 fully saturated rings. The molecule has 6 heteroatoms. The van der Waals surface area contributed by atoms with Crippen LogP contribution in [0.2, 0.25) is 0 Å². The van der Waals surface area contributed by atoms with Gasteiger partial charge in [0.05, 0.1) is 6.54 Å². The SMILES string of the molecule is CCC(C)NS(=O)(=O)c1cc(CNC)oc1C. The minimum Gasteiger partial charge on any atom is -0.464 e. The zero-order valence-electron chi connectivity index (χ0n) is 10.7. The number of aryl methyl sites for hydroxylation is 1. The van der Waals surface area contributed by atoms with Crippen molar-refractivity contribution in [1.82, 2.24) is 10.0 Å². The van der Waals surface area contributed by atoms with Gasteiger partial charge in [0.1, 0.15) is 16.4 Å².